The van der Waals surface area contributed by atoms with Crippen molar-refractivity contribution in [1.29, 1.82) is 0 Å². The van der Waals surface area contributed by atoms with E-state index in [1.54, 1.807) is 61.2 Å². The molecule has 1 aromatic heterocycles. The summed E-state index contributed by atoms with van der Waals surface area (Å²) in [4.78, 5) is 93.6. The Hall–Kier alpha value is -5.74. The van der Waals surface area contributed by atoms with Gasteiger partial charge in [-0.1, -0.05) is 76.6 Å². The number of methoxy groups -OCH3 is 2. The Morgan fingerprint density at radius 1 is 0.929 bits per heavy atom. The van der Waals surface area contributed by atoms with Gasteiger partial charge in [0.15, 0.2) is 5.96 Å². The molecule has 1 aromatic carbocycles. The number of sulfonamides is 1. The molecule has 8 atom stereocenters. The second-order valence-electron chi connectivity index (χ2n) is 19.0. The first-order valence-electron chi connectivity index (χ1n) is 23.9. The van der Waals surface area contributed by atoms with Gasteiger partial charge in [0.1, 0.15) is 17.8 Å². The lowest BCUT2D eigenvalue weighted by atomic mass is 9.89. The zero-order valence-electron chi connectivity index (χ0n) is 42.9. The Morgan fingerprint density at radius 2 is 1.57 bits per heavy atom. The van der Waals surface area contributed by atoms with Crippen LogP contribution in [0.25, 0.3) is 0 Å². The molecule has 1 saturated heterocycles. The average Bonchev–Trinajstić information content (AvgIpc) is 4.06. The molecular weight excluding hydrogens is 923 g/mol. The van der Waals surface area contributed by atoms with Crippen molar-refractivity contribution in [3.8, 4) is 0 Å². The Bertz CT molecular complexity index is 2260. The maximum absolute atomic E-state index is 14.4. The Morgan fingerprint density at radius 3 is 2.14 bits per heavy atom. The quantitative estimate of drug-likeness (QED) is 0.0819. The van der Waals surface area contributed by atoms with Crippen LogP contribution in [0.4, 0.5) is 0 Å². The number of hydrogen-bond acceptors (Lipinski definition) is 13. The van der Waals surface area contributed by atoms with Crippen LogP contribution in [-0.2, 0) is 67.8 Å². The summed E-state index contributed by atoms with van der Waals surface area (Å²) in [5, 5.41) is 10.7. The van der Waals surface area contributed by atoms with Gasteiger partial charge in [0.05, 0.1) is 55.1 Å². The van der Waals surface area contributed by atoms with E-state index in [2.05, 4.69) is 20.4 Å². The van der Waals surface area contributed by atoms with Gasteiger partial charge < -0.3 is 34.4 Å². The van der Waals surface area contributed by atoms with Crippen LogP contribution in [0.5, 0.6) is 0 Å². The normalized spacial score (nSPS) is 17.9. The fourth-order valence-electron chi connectivity index (χ4n) is 9.08. The largest absolute Gasteiger partial charge is 0.379 e. The molecule has 1 fully saturated rings. The molecule has 0 aliphatic carbocycles. The summed E-state index contributed by atoms with van der Waals surface area (Å²) in [6, 6.07) is 5.88. The van der Waals surface area contributed by atoms with Crippen molar-refractivity contribution in [2.45, 2.75) is 123 Å². The molecule has 2 N–H and O–H groups in total. The van der Waals surface area contributed by atoms with Crippen LogP contribution >= 0.6 is 0 Å². The van der Waals surface area contributed by atoms with E-state index >= 15 is 0 Å². The lowest BCUT2D eigenvalue weighted by molar-refractivity contribution is -0.146. The van der Waals surface area contributed by atoms with Crippen LogP contribution in [0.3, 0.4) is 0 Å². The third-order valence-corrected chi connectivity index (χ3v) is 14.3. The Kier molecular flexibility index (Phi) is 21.1. The highest BCUT2D eigenvalue weighted by Crippen LogP contribution is 2.30. The molecule has 0 spiro atoms. The molecule has 6 amide bonds. The number of hydrogen-bond donors (Lipinski definition) is 2. The van der Waals surface area contributed by atoms with E-state index < -0.39 is 81.7 Å². The first-order valence-corrected chi connectivity index (χ1v) is 25.5. The van der Waals surface area contributed by atoms with Gasteiger partial charge in [-0.25, -0.2) is 13.4 Å². The zero-order chi connectivity index (χ0) is 52.0. The minimum atomic E-state index is -4.21. The van der Waals surface area contributed by atoms with Gasteiger partial charge in [0.2, 0.25) is 27.7 Å². The maximum atomic E-state index is 14.4. The topological polar surface area (TPSA) is 238 Å². The van der Waals surface area contributed by atoms with Gasteiger partial charge in [-0.05, 0) is 36.7 Å². The molecule has 4 rings (SSSR count). The van der Waals surface area contributed by atoms with Crippen molar-refractivity contribution in [1.82, 2.24) is 49.5 Å². The number of likely N-dealkylation sites (tertiary alicyclic amines) is 1. The minimum Gasteiger partial charge on any atom is -0.379 e. The summed E-state index contributed by atoms with van der Waals surface area (Å²) in [6.45, 7) is 10.1. The van der Waals surface area contributed by atoms with Crippen LogP contribution in [0.15, 0.2) is 53.7 Å². The summed E-state index contributed by atoms with van der Waals surface area (Å²) in [5.41, 5.74) is 1.01. The van der Waals surface area contributed by atoms with E-state index in [1.807, 2.05) is 65.7 Å². The van der Waals surface area contributed by atoms with Crippen molar-refractivity contribution in [2.75, 3.05) is 61.8 Å². The number of likely N-dealkylation sites (N-methyl/N-ethyl adjacent to an activating group) is 1. The summed E-state index contributed by atoms with van der Waals surface area (Å²) < 4.78 is 42.1. The molecule has 3 heterocycles. The number of guanidine groups is 1. The van der Waals surface area contributed by atoms with Gasteiger partial charge in [0.25, 0.3) is 17.7 Å². The molecule has 0 saturated carbocycles. The predicted molar refractivity (Wildman–Crippen MR) is 263 cm³/mol. The number of imide groups is 1. The summed E-state index contributed by atoms with van der Waals surface area (Å²) in [5.74, 6) is -3.72. The maximum Gasteiger partial charge on any atom is 0.256 e. The van der Waals surface area contributed by atoms with Crippen LogP contribution in [0.1, 0.15) is 78.0 Å². The van der Waals surface area contributed by atoms with E-state index in [9.17, 15) is 37.2 Å². The van der Waals surface area contributed by atoms with Crippen LogP contribution in [-0.4, -0.2) is 187 Å². The number of benzene rings is 1. The number of aryl methyl sites for hydroxylation is 1. The number of nitrogens with zero attached hydrogens (tertiary/aromatic N) is 9. The number of carbonyl (C=O) groups excluding carboxylic acids is 6. The van der Waals surface area contributed by atoms with E-state index in [1.165, 1.54) is 18.0 Å². The summed E-state index contributed by atoms with van der Waals surface area (Å²) in [7, 11) is 8.05. The monoisotopic (exact) mass is 998 g/mol. The highest BCUT2D eigenvalue weighted by Gasteiger charge is 2.43. The zero-order valence-corrected chi connectivity index (χ0v) is 43.7. The molecule has 388 valence electrons. The Labute approximate surface area is 413 Å². The van der Waals surface area contributed by atoms with Crippen LogP contribution in [0, 0.1) is 17.8 Å². The fourth-order valence-corrected chi connectivity index (χ4v) is 10.1. The SMILES string of the molecule is CC[C@H](C)[C@@H]([C@H](CC(=O)N1CCC[C@H]1[C@H](OC)[C@@H](C)C(=O)N[C@@H](Cc1ccccc1)C(=O)NS(=O)(=O)CCCn1cc(CN2C(=O)C=CC2=O)nn1)OC)N(C)C(=O)[C@@H](N=C(N(C)C)N(C)C)C(C)C. The number of ether oxygens (including phenoxy) is 2. The van der Waals surface area contributed by atoms with E-state index in [0.29, 0.717) is 43.0 Å². The minimum absolute atomic E-state index is 0.0188. The third kappa shape index (κ3) is 15.1. The third-order valence-electron chi connectivity index (χ3n) is 13.0. The van der Waals surface area contributed by atoms with E-state index in [0.717, 1.165) is 17.1 Å². The van der Waals surface area contributed by atoms with Gasteiger partial charge >= 0.3 is 0 Å². The van der Waals surface area contributed by atoms with Crippen molar-refractivity contribution >= 4 is 51.4 Å². The highest BCUT2D eigenvalue weighted by molar-refractivity contribution is 7.90. The van der Waals surface area contributed by atoms with Crippen molar-refractivity contribution in [2.24, 2.45) is 22.7 Å². The van der Waals surface area contributed by atoms with E-state index in [-0.39, 0.29) is 56.0 Å². The first-order chi connectivity index (χ1) is 33.0. The molecule has 2 aromatic rings. The number of carbonyl (C=O) groups is 6. The molecule has 0 radical (unpaired) electrons. The fraction of sp³-hybridized carbons (Fsp3) is 0.646. The van der Waals surface area contributed by atoms with Gasteiger partial charge in [-0.15, -0.1) is 5.10 Å². The molecular formula is C48H75N11O10S. The van der Waals surface area contributed by atoms with Crippen LogP contribution in [0.2, 0.25) is 0 Å². The Balaban J connectivity index is 1.45. The molecule has 2 aliphatic rings. The molecule has 21 nitrogen and oxygen atoms in total. The van der Waals surface area contributed by atoms with Gasteiger partial charge in [-0.2, -0.15) is 0 Å². The number of aromatic nitrogens is 3. The van der Waals surface area contributed by atoms with Crippen molar-refractivity contribution in [3.63, 3.8) is 0 Å². The molecule has 2 aliphatic heterocycles. The highest BCUT2D eigenvalue weighted by atomic mass is 32.2. The first kappa shape index (κ1) is 56.8. The number of nitrogens with one attached hydrogen (secondary N) is 2. The smallest absolute Gasteiger partial charge is 0.256 e. The lowest BCUT2D eigenvalue weighted by Crippen LogP contribution is -2.56. The number of amides is 6. The average molecular weight is 998 g/mol. The number of rotatable bonds is 25. The second-order valence-corrected chi connectivity index (χ2v) is 20.8. The standard InChI is InChI=1S/C48H75N11O10S/c1-13-32(4)43(56(10)47(65)42(31(2)3)50-48(54(6)7)55(8)9)38(68-11)28-41(62)58-25-17-21-37(58)44(69-12)33(5)45(63)49-36(27-34-19-15-14-16-20-34)46(64)52-70(66,67)26-18-24-57-29-35(51-53-57)30-59-39(60)22-23-40(59)61/h14-16,19-20,22-23,29,31-33,36-38,42-44H,13,17-18,21,24-28,30H2,1-12H3,(H,49,63)(H,52,64)/t32-,33+,36-,37-,38-,42-,43-,44+/m0/s1. The van der Waals surface area contributed by atoms with Gasteiger partial charge in [0, 0.05) is 81.1 Å². The lowest BCUT2D eigenvalue weighted by Gasteiger charge is -2.40. The van der Waals surface area contributed by atoms with Crippen LogP contribution < -0.4 is 10.0 Å². The molecule has 0 bridgehead atoms. The summed E-state index contributed by atoms with van der Waals surface area (Å²) in [6.07, 6.45) is 4.23. The molecule has 22 heteroatoms. The second kappa shape index (κ2) is 25.9. The predicted octanol–water partition coefficient (Wildman–Crippen LogP) is 1.69. The summed E-state index contributed by atoms with van der Waals surface area (Å²) >= 11 is 0. The van der Waals surface area contributed by atoms with Crippen molar-refractivity contribution < 1.29 is 46.7 Å². The van der Waals surface area contributed by atoms with Crippen molar-refractivity contribution in [3.05, 3.63) is 59.9 Å². The van der Waals surface area contributed by atoms with Gasteiger partial charge in [-0.3, -0.25) is 43.1 Å². The molecule has 0 unspecified atom stereocenters. The molecule has 70 heavy (non-hydrogen) atoms. The van der Waals surface area contributed by atoms with E-state index in [4.69, 9.17) is 14.5 Å². The number of aliphatic imine (C=N–C) groups is 1.